The molecule has 1 aromatic heterocycles. The normalized spacial score (nSPS) is 16.5. The average Bonchev–Trinajstić information content (AvgIpc) is 2.44. The van der Waals surface area contributed by atoms with Crippen LogP contribution in [0.15, 0.2) is 10.7 Å². The van der Waals surface area contributed by atoms with Gasteiger partial charge in [0.05, 0.1) is 12.7 Å². The van der Waals surface area contributed by atoms with E-state index < -0.39 is 0 Å². The van der Waals surface area contributed by atoms with Gasteiger partial charge in [0.15, 0.2) is 0 Å². The fraction of sp³-hybridized carbons (Fsp3) is 0.714. The van der Waals surface area contributed by atoms with E-state index in [9.17, 15) is 0 Å². The van der Waals surface area contributed by atoms with Crippen molar-refractivity contribution in [2.24, 2.45) is 0 Å². The Morgan fingerprint density at radius 3 is 2.84 bits per heavy atom. The maximum absolute atomic E-state index is 5.87. The third-order valence-corrected chi connectivity index (χ3v) is 3.78. The molecule has 1 aliphatic carbocycles. The smallest absolute Gasteiger partial charge is 0.131 e. The van der Waals surface area contributed by atoms with E-state index in [2.05, 4.69) is 38.1 Å². The van der Waals surface area contributed by atoms with Crippen molar-refractivity contribution in [3.8, 4) is 0 Å². The Morgan fingerprint density at radius 2 is 2.11 bits per heavy atom. The van der Waals surface area contributed by atoms with Gasteiger partial charge in [0.1, 0.15) is 16.2 Å². The highest BCUT2D eigenvalue weighted by atomic mass is 79.9. The summed E-state index contributed by atoms with van der Waals surface area (Å²) < 4.78 is 6.70. The zero-order valence-electron chi connectivity index (χ0n) is 11.5. The zero-order valence-corrected chi connectivity index (χ0v) is 13.1. The van der Waals surface area contributed by atoms with E-state index in [-0.39, 0.29) is 0 Å². The summed E-state index contributed by atoms with van der Waals surface area (Å²) in [7, 11) is 0. The number of nitrogens with one attached hydrogen (secondary N) is 1. The van der Waals surface area contributed by atoms with Crippen molar-refractivity contribution in [3.63, 3.8) is 0 Å². The summed E-state index contributed by atoms with van der Waals surface area (Å²) in [5, 5.41) is 3.29. The molecule has 0 radical (unpaired) electrons. The topological polar surface area (TPSA) is 47.0 Å². The van der Waals surface area contributed by atoms with E-state index in [1.165, 1.54) is 32.1 Å². The van der Waals surface area contributed by atoms with E-state index >= 15 is 0 Å². The molecule has 0 spiro atoms. The number of rotatable bonds is 6. The number of halogens is 1. The Morgan fingerprint density at radius 1 is 1.32 bits per heavy atom. The molecule has 2 rings (SSSR count). The lowest BCUT2D eigenvalue weighted by molar-refractivity contribution is 0.0347. The van der Waals surface area contributed by atoms with Gasteiger partial charge in [-0.3, -0.25) is 0 Å². The number of aryl methyl sites for hydroxylation is 1. The molecule has 1 fully saturated rings. The molecule has 0 amide bonds. The summed E-state index contributed by atoms with van der Waals surface area (Å²) in [6, 6.07) is 1.90. The van der Waals surface area contributed by atoms with E-state index in [1.807, 2.05) is 6.07 Å². The second-order valence-electron chi connectivity index (χ2n) is 4.90. The lowest BCUT2D eigenvalue weighted by atomic mass is 9.98. The minimum Gasteiger partial charge on any atom is -0.376 e. The number of anilines is 1. The Hall–Kier alpha value is -0.680. The van der Waals surface area contributed by atoms with Crippen LogP contribution in [-0.2, 0) is 11.2 Å². The summed E-state index contributed by atoms with van der Waals surface area (Å²) in [5.41, 5.74) is 0. The Labute approximate surface area is 123 Å². The quantitative estimate of drug-likeness (QED) is 0.641. The summed E-state index contributed by atoms with van der Waals surface area (Å²) >= 11 is 3.40. The van der Waals surface area contributed by atoms with E-state index in [0.717, 1.165) is 35.8 Å². The van der Waals surface area contributed by atoms with Gasteiger partial charge < -0.3 is 10.1 Å². The minimum atomic E-state index is 0.471. The van der Waals surface area contributed by atoms with Gasteiger partial charge in [0.25, 0.3) is 0 Å². The van der Waals surface area contributed by atoms with Gasteiger partial charge in [-0.15, -0.1) is 0 Å². The molecule has 0 saturated heterocycles. The summed E-state index contributed by atoms with van der Waals surface area (Å²) in [5.74, 6) is 1.72. The lowest BCUT2D eigenvalue weighted by Gasteiger charge is -2.22. The molecule has 5 heteroatoms. The van der Waals surface area contributed by atoms with E-state index in [1.54, 1.807) is 0 Å². The Balaban J connectivity index is 1.71. The molecule has 1 aromatic rings. The zero-order chi connectivity index (χ0) is 13.5. The highest BCUT2D eigenvalue weighted by Crippen LogP contribution is 2.20. The monoisotopic (exact) mass is 327 g/mol. The molecule has 0 aliphatic heterocycles. The average molecular weight is 328 g/mol. The first kappa shape index (κ1) is 14.7. The minimum absolute atomic E-state index is 0.471. The molecule has 0 bridgehead atoms. The van der Waals surface area contributed by atoms with Crippen molar-refractivity contribution in [2.75, 3.05) is 18.5 Å². The second kappa shape index (κ2) is 7.80. The van der Waals surface area contributed by atoms with Crippen molar-refractivity contribution in [1.82, 2.24) is 9.97 Å². The van der Waals surface area contributed by atoms with E-state index in [4.69, 9.17) is 4.74 Å². The van der Waals surface area contributed by atoms with Gasteiger partial charge in [-0.25, -0.2) is 9.97 Å². The maximum Gasteiger partial charge on any atom is 0.131 e. The van der Waals surface area contributed by atoms with Crippen LogP contribution < -0.4 is 5.32 Å². The number of ether oxygens (including phenoxy) is 1. The summed E-state index contributed by atoms with van der Waals surface area (Å²) in [4.78, 5) is 8.72. The molecule has 19 heavy (non-hydrogen) atoms. The van der Waals surface area contributed by atoms with Crippen LogP contribution in [0.3, 0.4) is 0 Å². The van der Waals surface area contributed by atoms with Gasteiger partial charge in [0, 0.05) is 19.0 Å². The van der Waals surface area contributed by atoms with Crippen LogP contribution in [0.5, 0.6) is 0 Å². The number of hydrogen-bond donors (Lipinski definition) is 1. The first-order chi connectivity index (χ1) is 9.28. The molecule has 1 aliphatic rings. The first-order valence-electron chi connectivity index (χ1n) is 7.17. The van der Waals surface area contributed by atoms with Gasteiger partial charge >= 0.3 is 0 Å². The molecule has 4 nitrogen and oxygen atoms in total. The van der Waals surface area contributed by atoms with Gasteiger partial charge in [-0.1, -0.05) is 26.2 Å². The predicted molar refractivity (Wildman–Crippen MR) is 80.4 cm³/mol. The third-order valence-electron chi connectivity index (χ3n) is 3.37. The van der Waals surface area contributed by atoms with Crippen LogP contribution >= 0.6 is 15.9 Å². The van der Waals surface area contributed by atoms with Crippen molar-refractivity contribution < 1.29 is 4.74 Å². The van der Waals surface area contributed by atoms with Crippen molar-refractivity contribution in [3.05, 3.63) is 16.5 Å². The molecular weight excluding hydrogens is 306 g/mol. The fourth-order valence-electron chi connectivity index (χ4n) is 2.35. The number of hydrogen-bond acceptors (Lipinski definition) is 4. The predicted octanol–water partition coefficient (Wildman–Crippen LogP) is 3.56. The van der Waals surface area contributed by atoms with Crippen molar-refractivity contribution in [1.29, 1.82) is 0 Å². The fourth-order valence-corrected chi connectivity index (χ4v) is 2.77. The Bertz CT molecular complexity index is 394. The molecule has 1 N–H and O–H groups in total. The molecular formula is C14H22BrN3O. The van der Waals surface area contributed by atoms with Crippen molar-refractivity contribution >= 4 is 21.7 Å². The third kappa shape index (κ3) is 5.07. The van der Waals surface area contributed by atoms with Crippen LogP contribution in [0.2, 0.25) is 0 Å². The molecule has 0 atom stereocenters. The second-order valence-corrected chi connectivity index (χ2v) is 5.72. The van der Waals surface area contributed by atoms with Gasteiger partial charge in [-0.2, -0.15) is 0 Å². The molecule has 0 unspecified atom stereocenters. The molecule has 1 heterocycles. The summed E-state index contributed by atoms with van der Waals surface area (Å²) in [6.07, 6.45) is 7.75. The van der Waals surface area contributed by atoms with Crippen LogP contribution in [-0.4, -0.2) is 29.2 Å². The Kier molecular flexibility index (Phi) is 6.04. The molecule has 1 saturated carbocycles. The highest BCUT2D eigenvalue weighted by molar-refractivity contribution is 9.10. The van der Waals surface area contributed by atoms with E-state index in [0.29, 0.717) is 6.10 Å². The van der Waals surface area contributed by atoms with Crippen LogP contribution in [0, 0.1) is 0 Å². The molecule has 106 valence electrons. The van der Waals surface area contributed by atoms with Gasteiger partial charge in [-0.05, 0) is 28.8 Å². The number of aromatic nitrogens is 2. The standard InChI is InChI=1S/C14H22BrN3O/c1-2-13-17-12(15)10-14(18-13)16-8-9-19-11-6-4-3-5-7-11/h10-11H,2-9H2,1H3,(H,16,17,18). The highest BCUT2D eigenvalue weighted by Gasteiger charge is 2.13. The van der Waals surface area contributed by atoms with Crippen LogP contribution in [0.1, 0.15) is 44.9 Å². The largest absolute Gasteiger partial charge is 0.376 e. The van der Waals surface area contributed by atoms with Crippen LogP contribution in [0.25, 0.3) is 0 Å². The molecule has 0 aromatic carbocycles. The lowest BCUT2D eigenvalue weighted by Crippen LogP contribution is -2.20. The number of nitrogens with zero attached hydrogens (tertiary/aromatic N) is 2. The van der Waals surface area contributed by atoms with Gasteiger partial charge in [0.2, 0.25) is 0 Å². The van der Waals surface area contributed by atoms with Crippen LogP contribution in [0.4, 0.5) is 5.82 Å². The maximum atomic E-state index is 5.87. The first-order valence-corrected chi connectivity index (χ1v) is 7.96. The summed E-state index contributed by atoms with van der Waals surface area (Å²) in [6.45, 7) is 3.59. The van der Waals surface area contributed by atoms with Crippen molar-refractivity contribution in [2.45, 2.75) is 51.6 Å². The SMILES string of the molecule is CCc1nc(Br)cc(NCCOC2CCCCC2)n1.